The number of piperidine rings is 1. The van der Waals surface area contributed by atoms with Gasteiger partial charge in [-0.3, -0.25) is 0 Å². The van der Waals surface area contributed by atoms with Gasteiger partial charge in [0.25, 0.3) is 0 Å². The molecule has 3 N–H and O–H groups in total. The van der Waals surface area contributed by atoms with Crippen LogP contribution in [0.3, 0.4) is 0 Å². The Labute approximate surface area is 157 Å². The van der Waals surface area contributed by atoms with Crippen LogP contribution in [0, 0.1) is 0 Å². The van der Waals surface area contributed by atoms with Crippen LogP contribution < -0.4 is 10.6 Å². The minimum Gasteiger partial charge on any atom is -0.350 e. The smallest absolute Gasteiger partial charge is 0.243 e. The summed E-state index contributed by atoms with van der Waals surface area (Å²) >= 11 is 6.17. The van der Waals surface area contributed by atoms with E-state index in [2.05, 4.69) is 10.6 Å². The molecule has 6 nitrogen and oxygen atoms in total. The number of anilines is 2. The molecule has 2 heterocycles. The van der Waals surface area contributed by atoms with Crippen molar-refractivity contribution in [3.05, 3.63) is 53.1 Å². The SMILES string of the molecule is O=S(=O)(c1cccc(C2(O)Nc3cccc(Cl)c3N2)c1)N1CCCCC1. The van der Waals surface area contributed by atoms with E-state index in [9.17, 15) is 13.5 Å². The van der Waals surface area contributed by atoms with E-state index in [-0.39, 0.29) is 4.90 Å². The summed E-state index contributed by atoms with van der Waals surface area (Å²) in [5.74, 6) is -1.62. The normalized spacial score (nSPS) is 23.2. The maximum Gasteiger partial charge on any atom is 0.243 e. The molecular formula is C18H20ClN3O3S. The van der Waals surface area contributed by atoms with Gasteiger partial charge in [-0.05, 0) is 37.1 Å². The molecule has 0 amide bonds. The van der Waals surface area contributed by atoms with Crippen molar-refractivity contribution in [1.82, 2.24) is 4.31 Å². The molecule has 1 unspecified atom stereocenters. The standard InChI is InChI=1S/C18H20ClN3O3S/c19-15-8-5-9-16-17(15)21-18(23,20-16)13-6-4-7-14(12-13)26(24,25)22-10-2-1-3-11-22/h4-9,12,20-21,23H,1-3,10-11H2. The molecule has 2 aromatic carbocycles. The Hall–Kier alpha value is -1.80. The molecule has 1 atom stereocenters. The first-order chi connectivity index (χ1) is 12.4. The minimum atomic E-state index is -3.58. The molecule has 2 aromatic rings. The molecule has 0 spiro atoms. The van der Waals surface area contributed by atoms with Crippen LogP contribution in [0.2, 0.25) is 5.02 Å². The summed E-state index contributed by atoms with van der Waals surface area (Å²) in [6.07, 6.45) is 2.80. The van der Waals surface area contributed by atoms with Crippen LogP contribution in [-0.2, 0) is 15.9 Å². The van der Waals surface area contributed by atoms with Crippen molar-refractivity contribution in [3.8, 4) is 0 Å². The first-order valence-corrected chi connectivity index (χ1v) is 10.4. The number of nitrogens with zero attached hydrogens (tertiary/aromatic N) is 1. The number of benzene rings is 2. The zero-order valence-corrected chi connectivity index (χ0v) is 15.6. The summed E-state index contributed by atoms with van der Waals surface area (Å²) in [5, 5.41) is 17.4. The van der Waals surface area contributed by atoms with E-state index in [0.29, 0.717) is 35.1 Å². The van der Waals surface area contributed by atoms with Gasteiger partial charge in [0, 0.05) is 18.7 Å². The second-order valence-corrected chi connectivity index (χ2v) is 8.96. The van der Waals surface area contributed by atoms with Crippen LogP contribution in [0.5, 0.6) is 0 Å². The third-order valence-corrected chi connectivity index (χ3v) is 7.05. The Morgan fingerprint density at radius 1 is 1.04 bits per heavy atom. The van der Waals surface area contributed by atoms with Crippen molar-refractivity contribution in [2.45, 2.75) is 30.0 Å². The molecule has 4 rings (SSSR count). The molecule has 2 aliphatic heterocycles. The maximum atomic E-state index is 12.9. The second-order valence-electron chi connectivity index (χ2n) is 6.62. The highest BCUT2D eigenvalue weighted by Gasteiger charge is 2.38. The number of para-hydroxylation sites is 1. The molecule has 0 aromatic heterocycles. The van der Waals surface area contributed by atoms with Crippen molar-refractivity contribution in [1.29, 1.82) is 0 Å². The van der Waals surface area contributed by atoms with E-state index in [0.717, 1.165) is 19.3 Å². The summed E-state index contributed by atoms with van der Waals surface area (Å²) in [6.45, 7) is 1.07. The fourth-order valence-corrected chi connectivity index (χ4v) is 5.23. The molecule has 1 fully saturated rings. The van der Waals surface area contributed by atoms with Gasteiger partial charge in [-0.2, -0.15) is 4.31 Å². The lowest BCUT2D eigenvalue weighted by Crippen LogP contribution is -2.39. The van der Waals surface area contributed by atoms with Crippen LogP contribution >= 0.6 is 11.6 Å². The Balaban J connectivity index is 1.68. The number of nitrogens with one attached hydrogen (secondary N) is 2. The van der Waals surface area contributed by atoms with Gasteiger partial charge >= 0.3 is 0 Å². The lowest BCUT2D eigenvalue weighted by molar-refractivity contribution is 0.104. The Morgan fingerprint density at radius 3 is 2.50 bits per heavy atom. The molecule has 8 heteroatoms. The van der Waals surface area contributed by atoms with Gasteiger partial charge in [-0.1, -0.05) is 36.2 Å². The van der Waals surface area contributed by atoms with Gasteiger partial charge in [0.15, 0.2) is 0 Å². The number of aliphatic hydroxyl groups is 1. The summed E-state index contributed by atoms with van der Waals surface area (Å²) < 4.78 is 27.3. The van der Waals surface area contributed by atoms with Crippen molar-refractivity contribution in [2.75, 3.05) is 23.7 Å². The fourth-order valence-electron chi connectivity index (χ4n) is 3.44. The van der Waals surface area contributed by atoms with Crippen LogP contribution in [0.15, 0.2) is 47.4 Å². The molecule has 0 radical (unpaired) electrons. The van der Waals surface area contributed by atoms with Crippen LogP contribution in [0.25, 0.3) is 0 Å². The monoisotopic (exact) mass is 393 g/mol. The summed E-state index contributed by atoms with van der Waals surface area (Å²) in [7, 11) is -3.58. The number of sulfonamides is 1. The maximum absolute atomic E-state index is 12.9. The Bertz CT molecular complexity index is 944. The van der Waals surface area contributed by atoms with E-state index in [1.54, 1.807) is 36.4 Å². The largest absolute Gasteiger partial charge is 0.350 e. The number of fused-ring (bicyclic) bond motifs is 1. The summed E-state index contributed by atoms with van der Waals surface area (Å²) in [4.78, 5) is 0.177. The zero-order chi connectivity index (χ0) is 18.4. The van der Waals surface area contributed by atoms with Gasteiger partial charge in [0.1, 0.15) is 0 Å². The van der Waals surface area contributed by atoms with Gasteiger partial charge in [0.2, 0.25) is 15.9 Å². The van der Waals surface area contributed by atoms with E-state index < -0.39 is 15.9 Å². The molecule has 0 saturated carbocycles. The average molecular weight is 394 g/mol. The number of hydrogen-bond acceptors (Lipinski definition) is 5. The van der Waals surface area contributed by atoms with Crippen molar-refractivity contribution < 1.29 is 13.5 Å². The first-order valence-electron chi connectivity index (χ1n) is 8.58. The molecule has 1 saturated heterocycles. The van der Waals surface area contributed by atoms with Crippen molar-refractivity contribution >= 4 is 33.0 Å². The minimum absolute atomic E-state index is 0.177. The molecule has 0 aliphatic carbocycles. The molecule has 26 heavy (non-hydrogen) atoms. The van der Waals surface area contributed by atoms with Gasteiger partial charge < -0.3 is 15.7 Å². The predicted octanol–water partition coefficient (Wildman–Crippen LogP) is 3.15. The molecular weight excluding hydrogens is 374 g/mol. The number of hydrogen-bond donors (Lipinski definition) is 3. The summed E-state index contributed by atoms with van der Waals surface area (Å²) in [6, 6.07) is 11.7. The van der Waals surface area contributed by atoms with Gasteiger partial charge in [0.05, 0.1) is 21.3 Å². The van der Waals surface area contributed by atoms with Crippen LogP contribution in [0.4, 0.5) is 11.4 Å². The van der Waals surface area contributed by atoms with Crippen molar-refractivity contribution in [2.24, 2.45) is 0 Å². The van der Waals surface area contributed by atoms with Crippen molar-refractivity contribution in [3.63, 3.8) is 0 Å². The summed E-state index contributed by atoms with van der Waals surface area (Å²) in [5.41, 5.74) is 1.65. The highest BCUT2D eigenvalue weighted by atomic mass is 35.5. The first kappa shape index (κ1) is 17.6. The lowest BCUT2D eigenvalue weighted by atomic mass is 10.1. The lowest BCUT2D eigenvalue weighted by Gasteiger charge is -2.28. The topological polar surface area (TPSA) is 81.7 Å². The van der Waals surface area contributed by atoms with E-state index in [1.807, 2.05) is 0 Å². The Morgan fingerprint density at radius 2 is 1.77 bits per heavy atom. The van der Waals surface area contributed by atoms with E-state index in [1.165, 1.54) is 10.4 Å². The van der Waals surface area contributed by atoms with E-state index >= 15 is 0 Å². The van der Waals surface area contributed by atoms with E-state index in [4.69, 9.17) is 11.6 Å². The third kappa shape index (κ3) is 2.95. The average Bonchev–Trinajstić information content (AvgIpc) is 3.02. The van der Waals surface area contributed by atoms with Crippen LogP contribution in [0.1, 0.15) is 24.8 Å². The van der Waals surface area contributed by atoms with Crippen LogP contribution in [-0.4, -0.2) is 30.9 Å². The predicted molar refractivity (Wildman–Crippen MR) is 102 cm³/mol. The third-order valence-electron chi connectivity index (χ3n) is 4.84. The highest BCUT2D eigenvalue weighted by Crippen LogP contribution is 2.42. The Kier molecular flexibility index (Phi) is 4.35. The zero-order valence-electron chi connectivity index (χ0n) is 14.1. The number of halogens is 1. The second kappa shape index (κ2) is 6.42. The number of rotatable bonds is 3. The molecule has 2 aliphatic rings. The highest BCUT2D eigenvalue weighted by molar-refractivity contribution is 7.89. The fraction of sp³-hybridized carbons (Fsp3) is 0.333. The van der Waals surface area contributed by atoms with Gasteiger partial charge in [-0.15, -0.1) is 0 Å². The molecule has 0 bridgehead atoms. The molecule has 138 valence electrons. The van der Waals surface area contributed by atoms with Gasteiger partial charge in [-0.25, -0.2) is 8.42 Å². The quantitative estimate of drug-likeness (QED) is 0.746.